The van der Waals surface area contributed by atoms with Crippen LogP contribution in [-0.4, -0.2) is 40.7 Å². The molecule has 0 heterocycles. The van der Waals surface area contributed by atoms with Crippen LogP contribution in [0.5, 0.6) is 0 Å². The third-order valence-electron chi connectivity index (χ3n) is 1.20. The number of rotatable bonds is 6. The van der Waals surface area contributed by atoms with Gasteiger partial charge < -0.3 is 9.47 Å². The molecule has 6 heteroatoms. The maximum Gasteiger partial charge on any atom is 0.208 e. The first-order valence-electron chi connectivity index (χ1n) is 3.98. The Morgan fingerprint density at radius 1 is 1.38 bits per heavy atom. The SMILES string of the molecule is CO[C@@H](CNS(C)(=O)=O)OC(C)C. The van der Waals surface area contributed by atoms with Crippen LogP contribution in [0.3, 0.4) is 0 Å². The van der Waals surface area contributed by atoms with Crippen molar-refractivity contribution in [2.45, 2.75) is 26.2 Å². The van der Waals surface area contributed by atoms with Crippen molar-refractivity contribution in [2.75, 3.05) is 19.9 Å². The predicted octanol–water partition coefficient (Wildman–Crippen LogP) is -0.0669. The number of methoxy groups -OCH3 is 1. The number of hydrogen-bond donors (Lipinski definition) is 1. The van der Waals surface area contributed by atoms with E-state index >= 15 is 0 Å². The van der Waals surface area contributed by atoms with Gasteiger partial charge in [-0.05, 0) is 13.8 Å². The van der Waals surface area contributed by atoms with E-state index < -0.39 is 16.3 Å². The summed E-state index contributed by atoms with van der Waals surface area (Å²) in [6.07, 6.45) is 0.566. The van der Waals surface area contributed by atoms with E-state index in [9.17, 15) is 8.42 Å². The summed E-state index contributed by atoms with van der Waals surface area (Å²) in [5.74, 6) is 0. The minimum absolute atomic E-state index is 0.00584. The Hall–Kier alpha value is -0.170. The van der Waals surface area contributed by atoms with Gasteiger partial charge in [-0.2, -0.15) is 0 Å². The van der Waals surface area contributed by atoms with Crippen LogP contribution in [0.15, 0.2) is 0 Å². The van der Waals surface area contributed by atoms with E-state index in [1.807, 2.05) is 13.8 Å². The molecule has 0 amide bonds. The van der Waals surface area contributed by atoms with Crippen LogP contribution in [0.2, 0.25) is 0 Å². The third-order valence-corrected chi connectivity index (χ3v) is 1.89. The number of hydrogen-bond acceptors (Lipinski definition) is 4. The van der Waals surface area contributed by atoms with Crippen molar-refractivity contribution in [1.82, 2.24) is 4.72 Å². The van der Waals surface area contributed by atoms with Crippen LogP contribution in [-0.2, 0) is 19.5 Å². The minimum Gasteiger partial charge on any atom is -0.354 e. The van der Waals surface area contributed by atoms with E-state index in [4.69, 9.17) is 9.47 Å². The Balaban J connectivity index is 3.86. The zero-order valence-corrected chi connectivity index (χ0v) is 9.22. The topological polar surface area (TPSA) is 64.6 Å². The van der Waals surface area contributed by atoms with Crippen molar-refractivity contribution in [3.8, 4) is 0 Å². The lowest BCUT2D eigenvalue weighted by Crippen LogP contribution is -2.35. The maximum absolute atomic E-state index is 10.7. The molecular formula is C7H17NO4S. The van der Waals surface area contributed by atoms with Crippen LogP contribution < -0.4 is 4.72 Å². The van der Waals surface area contributed by atoms with Gasteiger partial charge in [-0.15, -0.1) is 0 Å². The van der Waals surface area contributed by atoms with Crippen LogP contribution in [0, 0.1) is 0 Å². The normalized spacial score (nSPS) is 14.8. The van der Waals surface area contributed by atoms with Crippen molar-refractivity contribution in [2.24, 2.45) is 0 Å². The molecular weight excluding hydrogens is 194 g/mol. The molecule has 0 saturated heterocycles. The molecule has 0 fully saturated rings. The lowest BCUT2D eigenvalue weighted by Gasteiger charge is -2.18. The van der Waals surface area contributed by atoms with Crippen LogP contribution in [0.4, 0.5) is 0 Å². The molecule has 0 radical (unpaired) electrons. The van der Waals surface area contributed by atoms with Crippen molar-refractivity contribution < 1.29 is 17.9 Å². The highest BCUT2D eigenvalue weighted by Gasteiger charge is 2.11. The molecule has 1 N–H and O–H groups in total. The van der Waals surface area contributed by atoms with Crippen LogP contribution >= 0.6 is 0 Å². The third kappa shape index (κ3) is 8.17. The summed E-state index contributed by atoms with van der Waals surface area (Å²) in [4.78, 5) is 0. The molecule has 0 bridgehead atoms. The Morgan fingerprint density at radius 3 is 2.23 bits per heavy atom. The summed E-state index contributed by atoms with van der Waals surface area (Å²) >= 11 is 0. The fourth-order valence-electron chi connectivity index (χ4n) is 0.710. The van der Waals surface area contributed by atoms with Gasteiger partial charge in [0.2, 0.25) is 10.0 Å². The molecule has 13 heavy (non-hydrogen) atoms. The molecule has 0 aromatic carbocycles. The quantitative estimate of drug-likeness (QED) is 0.625. The zero-order chi connectivity index (χ0) is 10.5. The van der Waals surface area contributed by atoms with E-state index in [1.54, 1.807) is 0 Å². The molecule has 0 rings (SSSR count). The van der Waals surface area contributed by atoms with Crippen LogP contribution in [0.25, 0.3) is 0 Å². The van der Waals surface area contributed by atoms with E-state index in [0.717, 1.165) is 6.26 Å². The largest absolute Gasteiger partial charge is 0.354 e. The van der Waals surface area contributed by atoms with Gasteiger partial charge >= 0.3 is 0 Å². The fourth-order valence-corrected chi connectivity index (χ4v) is 1.15. The Morgan fingerprint density at radius 2 is 1.92 bits per heavy atom. The van der Waals surface area contributed by atoms with Crippen molar-refractivity contribution in [3.63, 3.8) is 0 Å². The van der Waals surface area contributed by atoms with Gasteiger partial charge in [-0.25, -0.2) is 13.1 Å². The second kappa shape index (κ2) is 5.54. The van der Waals surface area contributed by atoms with Crippen molar-refractivity contribution in [1.29, 1.82) is 0 Å². The van der Waals surface area contributed by atoms with Crippen molar-refractivity contribution in [3.05, 3.63) is 0 Å². The molecule has 0 spiro atoms. The number of nitrogens with one attached hydrogen (secondary N) is 1. The number of ether oxygens (including phenoxy) is 2. The minimum atomic E-state index is -3.18. The van der Waals surface area contributed by atoms with E-state index in [2.05, 4.69) is 4.72 Å². The molecule has 0 aliphatic heterocycles. The molecule has 0 aliphatic rings. The maximum atomic E-state index is 10.7. The molecule has 0 saturated carbocycles. The van der Waals surface area contributed by atoms with Gasteiger partial charge in [0.15, 0.2) is 6.29 Å². The Kier molecular flexibility index (Phi) is 5.46. The van der Waals surface area contributed by atoms with Gasteiger partial charge in [-0.1, -0.05) is 0 Å². The highest BCUT2D eigenvalue weighted by molar-refractivity contribution is 7.88. The highest BCUT2D eigenvalue weighted by atomic mass is 32.2. The first-order chi connectivity index (χ1) is 5.85. The summed E-state index contributed by atoms with van der Waals surface area (Å²) in [5, 5.41) is 0. The van der Waals surface area contributed by atoms with E-state index in [1.165, 1.54) is 7.11 Å². The predicted molar refractivity (Wildman–Crippen MR) is 49.9 cm³/mol. The van der Waals surface area contributed by atoms with E-state index in [0.29, 0.717) is 0 Å². The van der Waals surface area contributed by atoms with Gasteiger partial charge in [-0.3, -0.25) is 0 Å². The molecule has 0 aromatic rings. The number of sulfonamides is 1. The summed E-state index contributed by atoms with van der Waals surface area (Å²) in [6.45, 7) is 3.84. The monoisotopic (exact) mass is 211 g/mol. The molecule has 0 aliphatic carbocycles. The second-order valence-corrected chi connectivity index (χ2v) is 4.80. The molecule has 5 nitrogen and oxygen atoms in total. The second-order valence-electron chi connectivity index (χ2n) is 2.97. The average molecular weight is 211 g/mol. The highest BCUT2D eigenvalue weighted by Crippen LogP contribution is 1.97. The lowest BCUT2D eigenvalue weighted by molar-refractivity contribution is -0.141. The summed E-state index contributed by atoms with van der Waals surface area (Å²) in [5.41, 5.74) is 0. The van der Waals surface area contributed by atoms with Crippen LogP contribution in [0.1, 0.15) is 13.8 Å². The van der Waals surface area contributed by atoms with Crippen molar-refractivity contribution >= 4 is 10.0 Å². The standard InChI is InChI=1S/C7H17NO4S/c1-6(2)12-7(11-3)5-8-13(4,9)10/h6-8H,5H2,1-4H3/t7-/m1/s1. The first-order valence-corrected chi connectivity index (χ1v) is 5.87. The van der Waals surface area contributed by atoms with Gasteiger partial charge in [0.1, 0.15) is 0 Å². The smallest absolute Gasteiger partial charge is 0.208 e. The molecule has 0 aromatic heterocycles. The van der Waals surface area contributed by atoms with Gasteiger partial charge in [0.25, 0.3) is 0 Å². The molecule has 1 atom stereocenters. The Bertz CT molecular complexity index is 225. The lowest BCUT2D eigenvalue weighted by atomic mass is 10.5. The van der Waals surface area contributed by atoms with E-state index in [-0.39, 0.29) is 12.6 Å². The van der Waals surface area contributed by atoms with Gasteiger partial charge in [0, 0.05) is 7.11 Å². The fraction of sp³-hybridized carbons (Fsp3) is 1.00. The first kappa shape index (κ1) is 12.8. The zero-order valence-electron chi connectivity index (χ0n) is 8.40. The summed E-state index contributed by atoms with van der Waals surface area (Å²) in [6, 6.07) is 0. The summed E-state index contributed by atoms with van der Waals surface area (Å²) < 4.78 is 33.9. The molecule has 0 unspecified atom stereocenters. The average Bonchev–Trinajstić information content (AvgIpc) is 1.95. The van der Waals surface area contributed by atoms with Gasteiger partial charge in [0.05, 0.1) is 18.9 Å². The molecule has 80 valence electrons. The summed E-state index contributed by atoms with van der Waals surface area (Å²) in [7, 11) is -1.71. The Labute approximate surface area is 79.5 Å².